The molecule has 29 heavy (non-hydrogen) atoms. The molecule has 0 radical (unpaired) electrons. The van der Waals surface area contributed by atoms with Crippen LogP contribution in [0.15, 0.2) is 34.9 Å². The molecule has 2 fully saturated rings. The summed E-state index contributed by atoms with van der Waals surface area (Å²) in [4.78, 5) is 20.0. The van der Waals surface area contributed by atoms with Crippen LogP contribution in [0.4, 0.5) is 0 Å². The van der Waals surface area contributed by atoms with E-state index in [-0.39, 0.29) is 5.91 Å². The third kappa shape index (κ3) is 3.90. The van der Waals surface area contributed by atoms with Crippen LogP contribution in [0, 0.1) is 6.92 Å². The number of fused-ring (bicyclic) bond motifs is 1. The molecule has 5 rings (SSSR count). The van der Waals surface area contributed by atoms with Gasteiger partial charge in [-0.1, -0.05) is 29.4 Å². The number of hydrogen-bond donors (Lipinski definition) is 1. The van der Waals surface area contributed by atoms with Gasteiger partial charge in [0.25, 0.3) is 11.6 Å². The Bertz CT molecular complexity index is 1030. The molecule has 6 nitrogen and oxygen atoms in total. The minimum atomic E-state index is -0.105. The summed E-state index contributed by atoms with van der Waals surface area (Å²) in [6, 6.07) is 10.5. The van der Waals surface area contributed by atoms with Gasteiger partial charge in [0.1, 0.15) is 0 Å². The molecular formula is C23H26N4O2. The summed E-state index contributed by atoms with van der Waals surface area (Å²) in [6.07, 6.45) is 4.86. The molecular weight excluding hydrogens is 364 g/mol. The van der Waals surface area contributed by atoms with Crippen molar-refractivity contribution in [2.45, 2.75) is 51.6 Å². The Morgan fingerprint density at radius 3 is 2.62 bits per heavy atom. The van der Waals surface area contributed by atoms with E-state index < -0.39 is 0 Å². The largest absolute Gasteiger partial charge is 0.348 e. The Hall–Kier alpha value is -2.73. The lowest BCUT2D eigenvalue weighted by molar-refractivity contribution is 0.0952. The van der Waals surface area contributed by atoms with Crippen LogP contribution in [0.25, 0.3) is 11.1 Å². The topological polar surface area (TPSA) is 71.3 Å². The molecule has 1 saturated heterocycles. The third-order valence-corrected chi connectivity index (χ3v) is 5.96. The molecule has 3 aromatic rings. The lowest BCUT2D eigenvalue weighted by atomic mass is 10.1. The first-order chi connectivity index (χ1) is 14.2. The van der Waals surface area contributed by atoms with E-state index in [9.17, 15) is 4.79 Å². The number of hydrogen-bond acceptors (Lipinski definition) is 5. The van der Waals surface area contributed by atoms with Gasteiger partial charge in [-0.15, -0.1) is 0 Å². The molecule has 1 aliphatic heterocycles. The van der Waals surface area contributed by atoms with E-state index >= 15 is 0 Å². The van der Waals surface area contributed by atoms with Crippen molar-refractivity contribution in [3.8, 4) is 0 Å². The maximum atomic E-state index is 13.0. The zero-order valence-corrected chi connectivity index (χ0v) is 16.8. The van der Waals surface area contributed by atoms with Crippen molar-refractivity contribution >= 4 is 17.0 Å². The number of likely N-dealkylation sites (tertiary alicyclic amines) is 1. The second-order valence-corrected chi connectivity index (χ2v) is 8.30. The van der Waals surface area contributed by atoms with Crippen molar-refractivity contribution in [3.63, 3.8) is 0 Å². The Kier molecular flexibility index (Phi) is 4.79. The zero-order chi connectivity index (χ0) is 19.8. The zero-order valence-electron chi connectivity index (χ0n) is 16.8. The van der Waals surface area contributed by atoms with Gasteiger partial charge in [0, 0.05) is 24.7 Å². The third-order valence-electron chi connectivity index (χ3n) is 5.96. The molecule has 1 amide bonds. The number of benzene rings is 1. The highest BCUT2D eigenvalue weighted by atomic mass is 16.5. The molecule has 2 aromatic heterocycles. The fraction of sp³-hybridized carbons (Fsp3) is 0.435. The van der Waals surface area contributed by atoms with E-state index in [1.165, 1.54) is 31.5 Å². The first-order valence-electron chi connectivity index (χ1n) is 10.5. The van der Waals surface area contributed by atoms with Gasteiger partial charge in [-0.3, -0.25) is 9.69 Å². The number of aryl methyl sites for hydroxylation is 1. The molecule has 3 heterocycles. The highest BCUT2D eigenvalue weighted by molar-refractivity contribution is 6.06. The second-order valence-electron chi connectivity index (χ2n) is 8.30. The van der Waals surface area contributed by atoms with Crippen LogP contribution in [0.1, 0.15) is 64.5 Å². The normalized spacial score (nSPS) is 17.1. The van der Waals surface area contributed by atoms with E-state index in [0.29, 0.717) is 34.8 Å². The van der Waals surface area contributed by atoms with E-state index in [1.807, 2.05) is 13.0 Å². The van der Waals surface area contributed by atoms with Crippen molar-refractivity contribution < 1.29 is 9.32 Å². The Morgan fingerprint density at radius 1 is 1.17 bits per heavy atom. The molecule has 150 valence electrons. The van der Waals surface area contributed by atoms with Crippen molar-refractivity contribution in [2.24, 2.45) is 0 Å². The molecule has 1 aliphatic carbocycles. The Morgan fingerprint density at radius 2 is 1.90 bits per heavy atom. The van der Waals surface area contributed by atoms with Crippen LogP contribution in [-0.4, -0.2) is 34.0 Å². The lowest BCUT2D eigenvalue weighted by Crippen LogP contribution is -2.23. The van der Waals surface area contributed by atoms with Crippen LogP contribution in [-0.2, 0) is 13.1 Å². The molecule has 0 bridgehead atoms. The predicted octanol–water partition coefficient (Wildman–Crippen LogP) is 3.93. The monoisotopic (exact) mass is 390 g/mol. The lowest BCUT2D eigenvalue weighted by Gasteiger charge is -2.14. The van der Waals surface area contributed by atoms with Crippen LogP contribution in [0.5, 0.6) is 0 Å². The van der Waals surface area contributed by atoms with Crippen molar-refractivity contribution in [2.75, 3.05) is 13.1 Å². The van der Waals surface area contributed by atoms with Gasteiger partial charge in [0.2, 0.25) is 0 Å². The quantitative estimate of drug-likeness (QED) is 0.690. The number of carbonyl (C=O) groups is 1. The predicted molar refractivity (Wildman–Crippen MR) is 111 cm³/mol. The van der Waals surface area contributed by atoms with Crippen LogP contribution in [0.2, 0.25) is 0 Å². The summed E-state index contributed by atoms with van der Waals surface area (Å²) in [5, 5.41) is 7.78. The number of amides is 1. The average Bonchev–Trinajstić information content (AvgIpc) is 3.35. The van der Waals surface area contributed by atoms with E-state index in [0.717, 1.165) is 30.6 Å². The molecule has 0 spiro atoms. The molecule has 1 saturated carbocycles. The van der Waals surface area contributed by atoms with E-state index in [4.69, 9.17) is 4.52 Å². The van der Waals surface area contributed by atoms with Gasteiger partial charge in [-0.05, 0) is 62.9 Å². The number of nitrogens with zero attached hydrogens (tertiary/aromatic N) is 3. The average molecular weight is 390 g/mol. The summed E-state index contributed by atoms with van der Waals surface area (Å²) in [5.74, 6) is 0.339. The van der Waals surface area contributed by atoms with Crippen LogP contribution < -0.4 is 5.32 Å². The molecule has 1 N–H and O–H groups in total. The van der Waals surface area contributed by atoms with Crippen molar-refractivity contribution in [1.29, 1.82) is 0 Å². The first kappa shape index (κ1) is 18.3. The molecule has 0 unspecified atom stereocenters. The molecule has 6 heteroatoms. The summed E-state index contributed by atoms with van der Waals surface area (Å²) in [5.41, 5.74) is 5.13. The standard InChI is InChI=1S/C23H26N4O2/c1-15-21-19(12-20(18-8-9-18)25-23(21)29-26-15)22(28)24-13-16-4-6-17(7-5-16)14-27-10-2-3-11-27/h4-7,12,18H,2-3,8-11,13-14H2,1H3,(H,24,28). The highest BCUT2D eigenvalue weighted by Gasteiger charge is 2.28. The first-order valence-corrected chi connectivity index (χ1v) is 10.5. The van der Waals surface area contributed by atoms with Gasteiger partial charge in [-0.2, -0.15) is 0 Å². The molecule has 0 atom stereocenters. The number of carbonyl (C=O) groups excluding carboxylic acids is 1. The highest BCUT2D eigenvalue weighted by Crippen LogP contribution is 2.40. The number of aromatic nitrogens is 2. The smallest absolute Gasteiger partial charge is 0.259 e. The summed E-state index contributed by atoms with van der Waals surface area (Å²) in [7, 11) is 0. The minimum absolute atomic E-state index is 0.105. The fourth-order valence-corrected chi connectivity index (χ4v) is 4.12. The van der Waals surface area contributed by atoms with Crippen molar-refractivity contribution in [3.05, 3.63) is 58.4 Å². The Labute approximate surface area is 170 Å². The SMILES string of the molecule is Cc1noc2nc(C3CC3)cc(C(=O)NCc3ccc(CN4CCCC4)cc3)c12. The van der Waals surface area contributed by atoms with Crippen LogP contribution >= 0.6 is 0 Å². The summed E-state index contributed by atoms with van der Waals surface area (Å²) in [6.45, 7) is 5.75. The van der Waals surface area contributed by atoms with Gasteiger partial charge >= 0.3 is 0 Å². The van der Waals surface area contributed by atoms with Crippen LogP contribution in [0.3, 0.4) is 0 Å². The number of pyridine rings is 1. The van der Waals surface area contributed by atoms with Gasteiger partial charge < -0.3 is 9.84 Å². The molecule has 1 aromatic carbocycles. The summed E-state index contributed by atoms with van der Waals surface area (Å²) >= 11 is 0. The Balaban J connectivity index is 1.28. The van der Waals surface area contributed by atoms with Crippen molar-refractivity contribution in [1.82, 2.24) is 20.4 Å². The molecule has 2 aliphatic rings. The number of rotatable bonds is 6. The minimum Gasteiger partial charge on any atom is -0.348 e. The maximum absolute atomic E-state index is 13.0. The maximum Gasteiger partial charge on any atom is 0.259 e. The van der Waals surface area contributed by atoms with Gasteiger partial charge in [0.05, 0.1) is 16.6 Å². The van der Waals surface area contributed by atoms with Gasteiger partial charge in [0.15, 0.2) is 0 Å². The number of nitrogens with one attached hydrogen (secondary N) is 1. The van der Waals surface area contributed by atoms with Gasteiger partial charge in [-0.25, -0.2) is 4.98 Å². The van der Waals surface area contributed by atoms with E-state index in [1.54, 1.807) is 0 Å². The summed E-state index contributed by atoms with van der Waals surface area (Å²) < 4.78 is 5.34. The second kappa shape index (κ2) is 7.59. The van der Waals surface area contributed by atoms with E-state index in [2.05, 4.69) is 44.6 Å². The fourth-order valence-electron chi connectivity index (χ4n) is 4.12.